The summed E-state index contributed by atoms with van der Waals surface area (Å²) in [5, 5.41) is 0. The summed E-state index contributed by atoms with van der Waals surface area (Å²) in [7, 11) is 0. The van der Waals surface area contributed by atoms with Gasteiger partial charge in [-0.25, -0.2) is 3.93 Å². The van der Waals surface area contributed by atoms with Crippen molar-refractivity contribution in [1.82, 2.24) is 3.93 Å². The van der Waals surface area contributed by atoms with E-state index in [1.54, 1.807) is 0 Å². The lowest BCUT2D eigenvalue weighted by atomic mass is 10.4. The van der Waals surface area contributed by atoms with Gasteiger partial charge in [-0.3, -0.25) is 9.59 Å². The lowest BCUT2D eigenvalue weighted by molar-refractivity contribution is -0.131. The van der Waals surface area contributed by atoms with Gasteiger partial charge in [-0.2, -0.15) is 0 Å². The molecule has 1 heterocycles. The maximum Gasteiger partial charge on any atom is 0.266 e. The zero-order chi connectivity index (χ0) is 10.6. The maximum absolute atomic E-state index is 10.4. The Hall–Kier alpha value is 0.780. The van der Waals surface area contributed by atoms with Crippen LogP contribution in [-0.4, -0.2) is 19.0 Å². The summed E-state index contributed by atoms with van der Waals surface area (Å²) in [5.74, 6) is -0.287. The molecule has 0 spiro atoms. The second-order valence-corrected chi connectivity index (χ2v) is 6.13. The summed E-state index contributed by atoms with van der Waals surface area (Å²) in [4.78, 5) is 20.9. The summed E-state index contributed by atoms with van der Waals surface area (Å²) in [5.41, 5.74) is 0. The van der Waals surface area contributed by atoms with Crippen LogP contribution in [0, 0.1) is 0 Å². The molecule has 1 rings (SSSR count). The predicted octanol–water partition coefficient (Wildman–Crippen LogP) is 3.00. The van der Waals surface area contributed by atoms with Gasteiger partial charge in [-0.1, -0.05) is 46.4 Å². The van der Waals surface area contributed by atoms with Crippen molar-refractivity contribution in [2.45, 2.75) is 16.1 Å². The highest BCUT2D eigenvalue weighted by molar-refractivity contribution is 9.08. The minimum atomic E-state index is -1.61. The first-order valence-electron chi connectivity index (χ1n) is 2.99. The normalized spacial score (nSPS) is 17.2. The SMILES string of the molecule is ClC(Cl)(Cl)Cl.O=C1CCC(=O)N1Br. The highest BCUT2D eigenvalue weighted by Crippen LogP contribution is 2.29. The highest BCUT2D eigenvalue weighted by Gasteiger charge is 2.26. The van der Waals surface area contributed by atoms with E-state index in [4.69, 9.17) is 46.4 Å². The van der Waals surface area contributed by atoms with E-state index in [0.29, 0.717) is 12.8 Å². The molecule has 0 unspecified atom stereocenters. The number of hydrogen-bond donors (Lipinski definition) is 0. The maximum atomic E-state index is 10.4. The fraction of sp³-hybridized carbons (Fsp3) is 0.600. The monoisotopic (exact) mass is 329 g/mol. The van der Waals surface area contributed by atoms with Crippen molar-refractivity contribution >= 4 is 74.4 Å². The Balaban J connectivity index is 0.000000252. The van der Waals surface area contributed by atoms with Crippen molar-refractivity contribution in [2.75, 3.05) is 0 Å². The van der Waals surface area contributed by atoms with Gasteiger partial charge in [0, 0.05) is 12.8 Å². The average molecular weight is 332 g/mol. The van der Waals surface area contributed by atoms with Crippen LogP contribution in [0.4, 0.5) is 0 Å². The standard InChI is InChI=1S/C4H4BrNO2.CCl4/c5-6-3(7)1-2-4(6)8;2-1(3,4)5/h1-2H2;. The van der Waals surface area contributed by atoms with Crippen molar-refractivity contribution < 1.29 is 9.59 Å². The second kappa shape index (κ2) is 5.61. The molecule has 0 aromatic heterocycles. The molecule has 0 aliphatic carbocycles. The van der Waals surface area contributed by atoms with E-state index in [0.717, 1.165) is 3.93 Å². The van der Waals surface area contributed by atoms with Crippen molar-refractivity contribution in [3.8, 4) is 0 Å². The number of amides is 2. The van der Waals surface area contributed by atoms with Gasteiger partial charge in [-0.15, -0.1) is 0 Å². The Labute approximate surface area is 104 Å². The summed E-state index contributed by atoms with van der Waals surface area (Å²) >= 11 is 22.1. The Kier molecular flexibility index (Phi) is 5.95. The van der Waals surface area contributed by atoms with Gasteiger partial charge in [-0.05, 0) is 0 Å². The summed E-state index contributed by atoms with van der Waals surface area (Å²) in [6, 6.07) is 0. The fourth-order valence-electron chi connectivity index (χ4n) is 0.549. The van der Waals surface area contributed by atoms with Gasteiger partial charge in [0.1, 0.15) is 0 Å². The first-order valence-corrected chi connectivity index (χ1v) is 5.21. The first kappa shape index (κ1) is 13.8. The molecule has 76 valence electrons. The van der Waals surface area contributed by atoms with E-state index in [1.807, 2.05) is 0 Å². The number of alkyl halides is 4. The van der Waals surface area contributed by atoms with Crippen LogP contribution in [0.25, 0.3) is 0 Å². The molecule has 1 fully saturated rings. The third-order valence-electron chi connectivity index (χ3n) is 0.991. The topological polar surface area (TPSA) is 37.4 Å². The van der Waals surface area contributed by atoms with E-state index in [1.165, 1.54) is 0 Å². The molecule has 0 radical (unpaired) electrons. The van der Waals surface area contributed by atoms with Crippen LogP contribution in [-0.2, 0) is 9.59 Å². The lowest BCUT2D eigenvalue weighted by Crippen LogP contribution is -2.16. The molecule has 13 heavy (non-hydrogen) atoms. The van der Waals surface area contributed by atoms with Crippen molar-refractivity contribution in [2.24, 2.45) is 0 Å². The number of rotatable bonds is 0. The van der Waals surface area contributed by atoms with E-state index in [9.17, 15) is 9.59 Å². The number of hydrogen-bond acceptors (Lipinski definition) is 2. The molecule has 1 saturated heterocycles. The third-order valence-corrected chi connectivity index (χ3v) is 1.78. The summed E-state index contributed by atoms with van der Waals surface area (Å²) in [6.07, 6.45) is 0.703. The molecule has 0 atom stereocenters. The molecule has 1 aliphatic rings. The lowest BCUT2D eigenvalue weighted by Gasteiger charge is -1.97. The van der Waals surface area contributed by atoms with Gasteiger partial charge in [0.15, 0.2) is 0 Å². The van der Waals surface area contributed by atoms with Crippen LogP contribution in [0.1, 0.15) is 12.8 Å². The zero-order valence-electron chi connectivity index (χ0n) is 6.07. The number of imide groups is 1. The van der Waals surface area contributed by atoms with E-state index >= 15 is 0 Å². The van der Waals surface area contributed by atoms with Gasteiger partial charge in [0.05, 0.1) is 16.1 Å². The molecule has 1 aliphatic heterocycles. The van der Waals surface area contributed by atoms with Crippen LogP contribution in [0.5, 0.6) is 0 Å². The predicted molar refractivity (Wildman–Crippen MR) is 56.2 cm³/mol. The molecular weight excluding hydrogens is 328 g/mol. The zero-order valence-corrected chi connectivity index (χ0v) is 10.7. The summed E-state index contributed by atoms with van der Waals surface area (Å²) < 4.78 is -0.632. The highest BCUT2D eigenvalue weighted by atomic mass is 79.9. The average Bonchev–Trinajstić information content (AvgIpc) is 2.16. The Morgan fingerprint density at radius 2 is 1.31 bits per heavy atom. The largest absolute Gasteiger partial charge is 0.274 e. The Morgan fingerprint density at radius 1 is 1.08 bits per heavy atom. The van der Waals surface area contributed by atoms with Crippen molar-refractivity contribution in [3.63, 3.8) is 0 Å². The molecule has 0 aromatic carbocycles. The Morgan fingerprint density at radius 3 is 1.38 bits per heavy atom. The minimum Gasteiger partial charge on any atom is -0.274 e. The van der Waals surface area contributed by atoms with E-state index in [2.05, 4.69) is 16.1 Å². The quantitative estimate of drug-likeness (QED) is 0.389. The fourth-order valence-corrected chi connectivity index (χ4v) is 0.904. The van der Waals surface area contributed by atoms with Gasteiger partial charge in [0.25, 0.3) is 3.25 Å². The molecule has 0 aromatic rings. The van der Waals surface area contributed by atoms with Crippen molar-refractivity contribution in [1.29, 1.82) is 0 Å². The number of halogens is 5. The van der Waals surface area contributed by atoms with E-state index in [-0.39, 0.29) is 11.8 Å². The van der Waals surface area contributed by atoms with Crippen molar-refractivity contribution in [3.05, 3.63) is 0 Å². The van der Waals surface area contributed by atoms with Crippen LogP contribution in [0.15, 0.2) is 0 Å². The molecule has 0 bridgehead atoms. The van der Waals surface area contributed by atoms with Crippen LogP contribution >= 0.6 is 62.6 Å². The number of carbonyl (C=O) groups is 2. The van der Waals surface area contributed by atoms with E-state index < -0.39 is 3.25 Å². The van der Waals surface area contributed by atoms with Gasteiger partial charge in [0.2, 0.25) is 11.8 Å². The van der Waals surface area contributed by atoms with Crippen LogP contribution < -0.4 is 0 Å². The minimum absolute atomic E-state index is 0.144. The van der Waals surface area contributed by atoms with Gasteiger partial charge < -0.3 is 0 Å². The number of carbonyl (C=O) groups excluding carboxylic acids is 2. The molecular formula is C5H4BrCl4NO2. The van der Waals surface area contributed by atoms with Crippen LogP contribution in [0.3, 0.4) is 0 Å². The molecule has 0 saturated carbocycles. The molecule has 2 amide bonds. The molecule has 3 nitrogen and oxygen atoms in total. The summed E-state index contributed by atoms with van der Waals surface area (Å²) in [6.45, 7) is 0. The smallest absolute Gasteiger partial charge is 0.266 e. The number of nitrogens with zero attached hydrogens (tertiary/aromatic N) is 1. The molecule has 8 heteroatoms. The molecule has 0 N–H and O–H groups in total. The third kappa shape index (κ3) is 7.82. The first-order chi connectivity index (χ1) is 5.72. The van der Waals surface area contributed by atoms with Crippen LogP contribution in [0.2, 0.25) is 0 Å². The Bertz CT molecular complexity index is 195. The second-order valence-electron chi connectivity index (χ2n) is 2.00. The van der Waals surface area contributed by atoms with Gasteiger partial charge >= 0.3 is 0 Å².